The number of thiophene rings is 1. The predicted molar refractivity (Wildman–Crippen MR) is 104 cm³/mol. The van der Waals surface area contributed by atoms with Crippen molar-refractivity contribution in [3.63, 3.8) is 0 Å². The third-order valence-corrected chi connectivity index (χ3v) is 8.72. The first-order valence-electron chi connectivity index (χ1n) is 9.35. The Morgan fingerprint density at radius 3 is 2.31 bits per heavy atom. The van der Waals surface area contributed by atoms with Crippen LogP contribution in [0.3, 0.4) is 0 Å². The zero-order valence-electron chi connectivity index (χ0n) is 15.8. The van der Waals surface area contributed by atoms with Crippen LogP contribution in [0.1, 0.15) is 27.2 Å². The Balaban J connectivity index is 1.58. The summed E-state index contributed by atoms with van der Waals surface area (Å²) < 4.78 is 27.2. The average Bonchev–Trinajstić information content (AvgIpc) is 3.15. The SMILES string of the molecule is C[C@@H]1C[C@H](C)CN(C(=O)[C@H](C)N2CCN(S(=O)(=O)c3cccs3)CC2)C1. The molecule has 3 atom stereocenters. The molecule has 2 saturated heterocycles. The van der Waals surface area contributed by atoms with E-state index in [-0.39, 0.29) is 11.9 Å². The lowest BCUT2D eigenvalue weighted by Gasteiger charge is -2.41. The van der Waals surface area contributed by atoms with Gasteiger partial charge in [-0.2, -0.15) is 4.31 Å². The van der Waals surface area contributed by atoms with Crippen LogP contribution >= 0.6 is 11.3 Å². The number of sulfonamides is 1. The highest BCUT2D eigenvalue weighted by molar-refractivity contribution is 7.91. The Morgan fingerprint density at radius 1 is 1.15 bits per heavy atom. The van der Waals surface area contributed by atoms with Crippen molar-refractivity contribution < 1.29 is 13.2 Å². The Labute approximate surface area is 160 Å². The number of nitrogens with zero attached hydrogens (tertiary/aromatic N) is 3. The minimum absolute atomic E-state index is 0.179. The number of piperazine rings is 1. The van der Waals surface area contributed by atoms with Crippen molar-refractivity contribution in [3.8, 4) is 0 Å². The molecule has 1 aromatic heterocycles. The van der Waals surface area contributed by atoms with Crippen molar-refractivity contribution in [2.45, 2.75) is 37.4 Å². The van der Waals surface area contributed by atoms with Gasteiger partial charge in [0.15, 0.2) is 0 Å². The van der Waals surface area contributed by atoms with E-state index in [1.807, 2.05) is 11.8 Å². The second-order valence-corrected chi connectivity index (χ2v) is 10.8. The summed E-state index contributed by atoms with van der Waals surface area (Å²) in [7, 11) is -3.39. The molecule has 8 heteroatoms. The van der Waals surface area contributed by atoms with E-state index in [4.69, 9.17) is 0 Å². The van der Waals surface area contributed by atoms with E-state index >= 15 is 0 Å². The van der Waals surface area contributed by atoms with Crippen molar-refractivity contribution in [2.75, 3.05) is 39.3 Å². The lowest BCUT2D eigenvalue weighted by molar-refractivity contribution is -0.139. The van der Waals surface area contributed by atoms with Gasteiger partial charge in [-0.05, 0) is 36.6 Å². The minimum atomic E-state index is -3.39. The van der Waals surface area contributed by atoms with Gasteiger partial charge in [0.25, 0.3) is 10.0 Å². The van der Waals surface area contributed by atoms with Gasteiger partial charge in [-0.1, -0.05) is 19.9 Å². The summed E-state index contributed by atoms with van der Waals surface area (Å²) in [5.41, 5.74) is 0. The molecular formula is C18H29N3O3S2. The predicted octanol–water partition coefficient (Wildman–Crippen LogP) is 1.95. The fourth-order valence-electron chi connectivity index (χ4n) is 4.13. The first-order valence-corrected chi connectivity index (χ1v) is 11.7. The van der Waals surface area contributed by atoms with Gasteiger partial charge in [0.1, 0.15) is 4.21 Å². The second-order valence-electron chi connectivity index (χ2n) is 7.74. The zero-order chi connectivity index (χ0) is 18.9. The van der Waals surface area contributed by atoms with E-state index in [1.165, 1.54) is 22.1 Å². The molecule has 1 aromatic rings. The summed E-state index contributed by atoms with van der Waals surface area (Å²) in [5, 5.41) is 1.78. The fourth-order valence-corrected chi connectivity index (χ4v) is 6.70. The van der Waals surface area contributed by atoms with E-state index in [1.54, 1.807) is 17.5 Å². The van der Waals surface area contributed by atoms with Gasteiger partial charge in [-0.25, -0.2) is 8.42 Å². The number of amides is 1. The molecule has 2 aliphatic rings. The Bertz CT molecular complexity index is 702. The van der Waals surface area contributed by atoms with Crippen LogP contribution in [0.4, 0.5) is 0 Å². The summed E-state index contributed by atoms with van der Waals surface area (Å²) in [5.74, 6) is 1.27. The Kier molecular flexibility index (Phi) is 6.06. The van der Waals surface area contributed by atoms with Crippen LogP contribution in [0.25, 0.3) is 0 Å². The number of rotatable bonds is 4. The van der Waals surface area contributed by atoms with Gasteiger partial charge in [0, 0.05) is 39.3 Å². The third kappa shape index (κ3) is 4.13. The number of piperidine rings is 1. The van der Waals surface area contributed by atoms with Crippen molar-refractivity contribution in [1.82, 2.24) is 14.1 Å². The number of carbonyl (C=O) groups is 1. The van der Waals surface area contributed by atoms with E-state index in [9.17, 15) is 13.2 Å². The summed E-state index contributed by atoms with van der Waals surface area (Å²) in [6, 6.07) is 3.21. The number of carbonyl (C=O) groups excluding carboxylic acids is 1. The third-order valence-electron chi connectivity index (χ3n) is 5.45. The van der Waals surface area contributed by atoms with Gasteiger partial charge in [0.2, 0.25) is 5.91 Å². The lowest BCUT2D eigenvalue weighted by Crippen LogP contribution is -2.56. The van der Waals surface area contributed by atoms with Crippen LogP contribution in [0.5, 0.6) is 0 Å². The van der Waals surface area contributed by atoms with Crippen LogP contribution in [-0.4, -0.2) is 73.7 Å². The van der Waals surface area contributed by atoms with Gasteiger partial charge in [-0.15, -0.1) is 11.3 Å². The summed E-state index contributed by atoms with van der Waals surface area (Å²) in [6.07, 6.45) is 1.18. The van der Waals surface area contributed by atoms with Crippen LogP contribution in [0, 0.1) is 11.8 Å². The molecule has 0 saturated carbocycles. The molecule has 146 valence electrons. The molecule has 0 bridgehead atoms. The Morgan fingerprint density at radius 2 is 1.77 bits per heavy atom. The maximum atomic E-state index is 12.9. The zero-order valence-corrected chi connectivity index (χ0v) is 17.4. The van der Waals surface area contributed by atoms with E-state index in [2.05, 4.69) is 18.7 Å². The number of hydrogen-bond donors (Lipinski definition) is 0. The van der Waals surface area contributed by atoms with Crippen molar-refractivity contribution in [1.29, 1.82) is 0 Å². The quantitative estimate of drug-likeness (QED) is 0.776. The fraction of sp³-hybridized carbons (Fsp3) is 0.722. The second kappa shape index (κ2) is 7.96. The highest BCUT2D eigenvalue weighted by Gasteiger charge is 2.35. The topological polar surface area (TPSA) is 60.9 Å². The molecule has 3 rings (SSSR count). The molecule has 0 aliphatic carbocycles. The first kappa shape index (κ1) is 19.8. The van der Waals surface area contributed by atoms with Crippen LogP contribution in [-0.2, 0) is 14.8 Å². The molecule has 0 N–H and O–H groups in total. The standard InChI is InChI=1S/C18H29N3O3S2/c1-14-11-15(2)13-20(12-14)18(22)16(3)19-6-8-21(9-7-19)26(23,24)17-5-4-10-25-17/h4-5,10,14-16H,6-9,11-13H2,1-3H3/t14-,15+,16-/m0/s1. The smallest absolute Gasteiger partial charge is 0.252 e. The van der Waals surface area contributed by atoms with Gasteiger partial charge in [0.05, 0.1) is 6.04 Å². The molecule has 0 unspecified atom stereocenters. The van der Waals surface area contributed by atoms with Gasteiger partial charge >= 0.3 is 0 Å². The van der Waals surface area contributed by atoms with E-state index in [0.29, 0.717) is 42.2 Å². The van der Waals surface area contributed by atoms with Crippen LogP contribution in [0.15, 0.2) is 21.7 Å². The maximum absolute atomic E-state index is 12.9. The van der Waals surface area contributed by atoms with E-state index in [0.717, 1.165) is 13.1 Å². The average molecular weight is 400 g/mol. The lowest BCUT2D eigenvalue weighted by atomic mass is 9.91. The molecule has 6 nitrogen and oxygen atoms in total. The van der Waals surface area contributed by atoms with Crippen molar-refractivity contribution in [2.24, 2.45) is 11.8 Å². The summed E-state index contributed by atoms with van der Waals surface area (Å²) in [4.78, 5) is 17.0. The van der Waals surface area contributed by atoms with E-state index < -0.39 is 10.0 Å². The maximum Gasteiger partial charge on any atom is 0.252 e. The van der Waals surface area contributed by atoms with Crippen LogP contribution < -0.4 is 0 Å². The molecule has 26 heavy (non-hydrogen) atoms. The normalized spacial score (nSPS) is 27.4. The number of likely N-dealkylation sites (tertiary alicyclic amines) is 1. The molecule has 2 aliphatic heterocycles. The minimum Gasteiger partial charge on any atom is -0.341 e. The molecular weight excluding hydrogens is 370 g/mol. The largest absolute Gasteiger partial charge is 0.341 e. The van der Waals surface area contributed by atoms with Gasteiger partial charge in [-0.3, -0.25) is 9.69 Å². The molecule has 0 radical (unpaired) electrons. The Hall–Kier alpha value is -0.960. The summed E-state index contributed by atoms with van der Waals surface area (Å²) in [6.45, 7) is 10.1. The highest BCUT2D eigenvalue weighted by atomic mass is 32.2. The van der Waals surface area contributed by atoms with Crippen molar-refractivity contribution in [3.05, 3.63) is 17.5 Å². The number of hydrogen-bond acceptors (Lipinski definition) is 5. The highest BCUT2D eigenvalue weighted by Crippen LogP contribution is 2.24. The van der Waals surface area contributed by atoms with Gasteiger partial charge < -0.3 is 4.90 Å². The summed E-state index contributed by atoms with van der Waals surface area (Å²) >= 11 is 1.25. The first-order chi connectivity index (χ1) is 12.3. The molecule has 0 spiro atoms. The molecule has 0 aromatic carbocycles. The molecule has 2 fully saturated rings. The van der Waals surface area contributed by atoms with Crippen molar-refractivity contribution >= 4 is 27.3 Å². The van der Waals surface area contributed by atoms with Crippen LogP contribution in [0.2, 0.25) is 0 Å². The monoisotopic (exact) mass is 399 g/mol. The molecule has 1 amide bonds. The molecule has 3 heterocycles.